The first-order valence-electron chi connectivity index (χ1n) is 6.82. The van der Waals surface area contributed by atoms with Crippen molar-refractivity contribution in [1.82, 2.24) is 10.2 Å². The van der Waals surface area contributed by atoms with Crippen molar-refractivity contribution < 1.29 is 0 Å². The van der Waals surface area contributed by atoms with Crippen molar-refractivity contribution in [3.8, 4) is 6.07 Å². The van der Waals surface area contributed by atoms with E-state index in [1.807, 2.05) is 24.3 Å². The minimum absolute atomic E-state index is 0.496. The summed E-state index contributed by atoms with van der Waals surface area (Å²) in [6, 6.07) is 11.9. The van der Waals surface area contributed by atoms with Crippen LogP contribution in [0, 0.1) is 11.3 Å². The highest BCUT2D eigenvalue weighted by molar-refractivity contribution is 5.52. The number of aromatic amines is 1. The van der Waals surface area contributed by atoms with Gasteiger partial charge in [-0.1, -0.05) is 6.07 Å². The topological polar surface area (TPSA) is 81.7 Å². The third kappa shape index (κ3) is 2.45. The molecule has 1 aromatic carbocycles. The van der Waals surface area contributed by atoms with Crippen molar-refractivity contribution in [3.63, 3.8) is 0 Å². The van der Waals surface area contributed by atoms with Crippen LogP contribution in [0.4, 0.5) is 11.5 Å². The van der Waals surface area contributed by atoms with Crippen LogP contribution in [0.3, 0.4) is 0 Å². The van der Waals surface area contributed by atoms with Crippen LogP contribution in [0.15, 0.2) is 30.3 Å². The summed E-state index contributed by atoms with van der Waals surface area (Å²) in [4.78, 5) is 2.33. The molecule has 2 aromatic rings. The minimum atomic E-state index is 0.496. The second-order valence-corrected chi connectivity index (χ2v) is 5.17. The molecular formula is C15H17N5. The molecule has 0 bridgehead atoms. The molecule has 3 rings (SSSR count). The third-order valence-corrected chi connectivity index (χ3v) is 3.89. The Morgan fingerprint density at radius 3 is 2.75 bits per heavy atom. The Balaban J connectivity index is 1.68. The fourth-order valence-electron chi connectivity index (χ4n) is 2.78. The number of nitriles is 1. The average Bonchev–Trinajstić information content (AvgIpc) is 2.94. The maximum atomic E-state index is 8.96. The predicted octanol–water partition coefficient (Wildman–Crippen LogP) is 2.25. The summed E-state index contributed by atoms with van der Waals surface area (Å²) in [5, 5.41) is 16.0. The molecule has 5 nitrogen and oxygen atoms in total. The van der Waals surface area contributed by atoms with Gasteiger partial charge in [0.1, 0.15) is 5.82 Å². The highest BCUT2D eigenvalue weighted by atomic mass is 15.2. The quantitative estimate of drug-likeness (QED) is 0.874. The van der Waals surface area contributed by atoms with E-state index in [0.29, 0.717) is 17.3 Å². The molecule has 1 fully saturated rings. The average molecular weight is 267 g/mol. The SMILES string of the molecule is N#Cc1cccc(N2CCC(c3cc(N)n[nH]3)CC2)c1. The molecule has 0 spiro atoms. The zero-order valence-electron chi connectivity index (χ0n) is 11.2. The first-order chi connectivity index (χ1) is 9.76. The third-order valence-electron chi connectivity index (χ3n) is 3.89. The fraction of sp³-hybridized carbons (Fsp3) is 0.333. The van der Waals surface area contributed by atoms with Crippen LogP contribution in [-0.4, -0.2) is 23.3 Å². The van der Waals surface area contributed by atoms with Gasteiger partial charge in [0.25, 0.3) is 0 Å². The minimum Gasteiger partial charge on any atom is -0.382 e. The first kappa shape index (κ1) is 12.5. The number of piperidine rings is 1. The highest BCUT2D eigenvalue weighted by Gasteiger charge is 2.22. The lowest BCUT2D eigenvalue weighted by molar-refractivity contribution is 0.495. The Hall–Kier alpha value is -2.48. The molecule has 0 radical (unpaired) electrons. The Morgan fingerprint density at radius 2 is 2.10 bits per heavy atom. The van der Waals surface area contributed by atoms with Crippen molar-refractivity contribution in [1.29, 1.82) is 5.26 Å². The van der Waals surface area contributed by atoms with Crippen LogP contribution in [0.5, 0.6) is 0 Å². The molecule has 2 heterocycles. The highest BCUT2D eigenvalue weighted by Crippen LogP contribution is 2.30. The molecule has 3 N–H and O–H groups in total. The first-order valence-corrected chi connectivity index (χ1v) is 6.82. The number of benzene rings is 1. The number of nitrogens with two attached hydrogens (primary N) is 1. The molecule has 20 heavy (non-hydrogen) atoms. The molecule has 0 unspecified atom stereocenters. The fourth-order valence-corrected chi connectivity index (χ4v) is 2.78. The van der Waals surface area contributed by atoms with E-state index in [1.165, 1.54) is 0 Å². The molecule has 0 atom stereocenters. The molecule has 1 aliphatic rings. The van der Waals surface area contributed by atoms with Crippen LogP contribution in [0.1, 0.15) is 30.0 Å². The van der Waals surface area contributed by atoms with Crippen LogP contribution < -0.4 is 10.6 Å². The maximum Gasteiger partial charge on any atom is 0.145 e. The molecule has 102 valence electrons. The lowest BCUT2D eigenvalue weighted by Crippen LogP contribution is -2.32. The summed E-state index contributed by atoms with van der Waals surface area (Å²) in [6.45, 7) is 1.97. The van der Waals surface area contributed by atoms with E-state index in [9.17, 15) is 0 Å². The number of nitrogens with zero attached hydrogens (tertiary/aromatic N) is 3. The largest absolute Gasteiger partial charge is 0.382 e. The summed E-state index contributed by atoms with van der Waals surface area (Å²) in [7, 11) is 0. The normalized spacial score (nSPS) is 16.1. The molecule has 1 aromatic heterocycles. The van der Waals surface area contributed by atoms with Crippen molar-refractivity contribution in [2.24, 2.45) is 0 Å². The van der Waals surface area contributed by atoms with Crippen LogP contribution >= 0.6 is 0 Å². The lowest BCUT2D eigenvalue weighted by Gasteiger charge is -2.33. The van der Waals surface area contributed by atoms with E-state index in [2.05, 4.69) is 27.2 Å². The number of nitrogen functional groups attached to an aromatic ring is 1. The van der Waals surface area contributed by atoms with E-state index in [0.717, 1.165) is 37.3 Å². The van der Waals surface area contributed by atoms with E-state index >= 15 is 0 Å². The van der Waals surface area contributed by atoms with Gasteiger partial charge in [0.15, 0.2) is 0 Å². The van der Waals surface area contributed by atoms with Gasteiger partial charge in [-0.05, 0) is 31.0 Å². The maximum absolute atomic E-state index is 8.96. The Kier molecular flexibility index (Phi) is 3.30. The van der Waals surface area contributed by atoms with Gasteiger partial charge in [0.05, 0.1) is 11.6 Å². The smallest absolute Gasteiger partial charge is 0.145 e. The number of rotatable bonds is 2. The Labute approximate surface area is 118 Å². The summed E-state index contributed by atoms with van der Waals surface area (Å²) >= 11 is 0. The predicted molar refractivity (Wildman–Crippen MR) is 78.3 cm³/mol. The zero-order valence-corrected chi connectivity index (χ0v) is 11.2. The van der Waals surface area contributed by atoms with Gasteiger partial charge < -0.3 is 10.6 Å². The standard InChI is InChI=1S/C15H17N5/c16-10-11-2-1-3-13(8-11)20-6-4-12(5-7-20)14-9-15(17)19-18-14/h1-3,8-9,12H,4-7H2,(H3,17,18,19). The number of hydrogen-bond acceptors (Lipinski definition) is 4. The van der Waals surface area contributed by atoms with Crippen molar-refractivity contribution >= 4 is 11.5 Å². The number of nitrogens with one attached hydrogen (secondary N) is 1. The van der Waals surface area contributed by atoms with Crippen molar-refractivity contribution in [2.45, 2.75) is 18.8 Å². The van der Waals surface area contributed by atoms with Crippen molar-refractivity contribution in [2.75, 3.05) is 23.7 Å². The van der Waals surface area contributed by atoms with E-state index in [-0.39, 0.29) is 0 Å². The lowest BCUT2D eigenvalue weighted by atomic mass is 9.93. The summed E-state index contributed by atoms with van der Waals surface area (Å²) in [6.07, 6.45) is 2.14. The van der Waals surface area contributed by atoms with E-state index in [1.54, 1.807) is 0 Å². The second kappa shape index (κ2) is 5.25. The van der Waals surface area contributed by atoms with Gasteiger partial charge in [-0.25, -0.2) is 0 Å². The number of hydrogen-bond donors (Lipinski definition) is 2. The van der Waals surface area contributed by atoms with Crippen molar-refractivity contribution in [3.05, 3.63) is 41.6 Å². The van der Waals surface area contributed by atoms with Crippen LogP contribution in [0.25, 0.3) is 0 Å². The Bertz CT molecular complexity index is 632. The van der Waals surface area contributed by atoms with E-state index < -0.39 is 0 Å². The van der Waals surface area contributed by atoms with Gasteiger partial charge in [-0.3, -0.25) is 5.10 Å². The van der Waals surface area contributed by atoms with Gasteiger partial charge in [-0.2, -0.15) is 10.4 Å². The molecule has 0 amide bonds. The summed E-state index contributed by atoms with van der Waals surface area (Å²) in [5.74, 6) is 1.05. The monoisotopic (exact) mass is 267 g/mol. The Morgan fingerprint density at radius 1 is 1.30 bits per heavy atom. The number of H-pyrrole nitrogens is 1. The van der Waals surface area contributed by atoms with Crippen LogP contribution in [-0.2, 0) is 0 Å². The van der Waals surface area contributed by atoms with E-state index in [4.69, 9.17) is 11.0 Å². The van der Waals surface area contributed by atoms with Gasteiger partial charge in [0.2, 0.25) is 0 Å². The zero-order chi connectivity index (χ0) is 13.9. The number of aromatic nitrogens is 2. The molecule has 1 aliphatic heterocycles. The molecular weight excluding hydrogens is 250 g/mol. The van der Waals surface area contributed by atoms with Gasteiger partial charge >= 0.3 is 0 Å². The van der Waals surface area contributed by atoms with Gasteiger partial charge in [-0.15, -0.1) is 0 Å². The van der Waals surface area contributed by atoms with Crippen LogP contribution in [0.2, 0.25) is 0 Å². The molecule has 0 aliphatic carbocycles. The molecule has 0 saturated carbocycles. The molecule has 1 saturated heterocycles. The summed E-state index contributed by atoms with van der Waals surface area (Å²) < 4.78 is 0. The second-order valence-electron chi connectivity index (χ2n) is 5.17. The number of anilines is 2. The summed E-state index contributed by atoms with van der Waals surface area (Å²) in [5.41, 5.74) is 8.63. The molecule has 5 heteroatoms. The van der Waals surface area contributed by atoms with Gasteiger partial charge in [0, 0.05) is 36.5 Å².